The number of esters is 1. The van der Waals surface area contributed by atoms with Crippen molar-refractivity contribution in [2.75, 3.05) is 20.2 Å². The number of likely N-dealkylation sites (N-methyl/N-ethyl adjacent to an activating group) is 1. The molecular formula is C17H17ClN2O6. The van der Waals surface area contributed by atoms with E-state index in [2.05, 4.69) is 5.32 Å². The lowest BCUT2D eigenvalue weighted by molar-refractivity contribution is -0.137. The minimum atomic E-state index is -0.894. The third-order valence-electron chi connectivity index (χ3n) is 3.35. The summed E-state index contributed by atoms with van der Waals surface area (Å²) >= 11 is 5.75. The third kappa shape index (κ3) is 5.52. The van der Waals surface area contributed by atoms with Crippen molar-refractivity contribution in [2.45, 2.75) is 6.54 Å². The number of ether oxygens (including phenoxy) is 1. The molecule has 0 bridgehead atoms. The molecule has 0 saturated heterocycles. The first kappa shape index (κ1) is 19.3. The van der Waals surface area contributed by atoms with E-state index in [4.69, 9.17) is 20.8 Å². The average Bonchev–Trinajstić information content (AvgIpc) is 3.13. The third-order valence-corrected chi connectivity index (χ3v) is 3.59. The van der Waals surface area contributed by atoms with Crippen molar-refractivity contribution in [3.8, 4) is 5.75 Å². The molecule has 1 heterocycles. The fourth-order valence-electron chi connectivity index (χ4n) is 1.95. The number of rotatable bonds is 7. The number of nitrogens with zero attached hydrogens (tertiary/aromatic N) is 1. The van der Waals surface area contributed by atoms with Gasteiger partial charge in [0.15, 0.2) is 6.61 Å². The van der Waals surface area contributed by atoms with E-state index in [-0.39, 0.29) is 29.4 Å². The largest absolute Gasteiger partial charge is 0.507 e. The van der Waals surface area contributed by atoms with Gasteiger partial charge in [0, 0.05) is 12.1 Å². The van der Waals surface area contributed by atoms with Crippen LogP contribution in [0, 0.1) is 0 Å². The number of furan rings is 1. The van der Waals surface area contributed by atoms with Crippen LogP contribution in [0.1, 0.15) is 16.1 Å². The molecule has 0 fully saturated rings. The zero-order valence-electron chi connectivity index (χ0n) is 13.9. The molecular weight excluding hydrogens is 364 g/mol. The van der Waals surface area contributed by atoms with E-state index in [0.29, 0.717) is 5.76 Å². The van der Waals surface area contributed by atoms with Crippen molar-refractivity contribution in [3.63, 3.8) is 0 Å². The highest BCUT2D eigenvalue weighted by Crippen LogP contribution is 2.22. The number of benzene rings is 1. The van der Waals surface area contributed by atoms with Crippen LogP contribution in [0.25, 0.3) is 0 Å². The quantitative estimate of drug-likeness (QED) is 0.706. The van der Waals surface area contributed by atoms with Gasteiger partial charge in [-0.05, 0) is 30.3 Å². The Balaban J connectivity index is 1.78. The predicted octanol–water partition coefficient (Wildman–Crippen LogP) is 1.57. The van der Waals surface area contributed by atoms with E-state index in [0.717, 1.165) is 4.90 Å². The van der Waals surface area contributed by atoms with Crippen molar-refractivity contribution in [1.29, 1.82) is 0 Å². The van der Waals surface area contributed by atoms with E-state index in [1.807, 2.05) is 0 Å². The van der Waals surface area contributed by atoms with Crippen LogP contribution in [0.3, 0.4) is 0 Å². The summed E-state index contributed by atoms with van der Waals surface area (Å²) in [5.41, 5.74) is -0.149. The van der Waals surface area contributed by atoms with Gasteiger partial charge in [-0.2, -0.15) is 0 Å². The lowest BCUT2D eigenvalue weighted by Crippen LogP contribution is -2.39. The Hall–Kier alpha value is -3.00. The van der Waals surface area contributed by atoms with Crippen molar-refractivity contribution >= 4 is 29.4 Å². The zero-order chi connectivity index (χ0) is 19.1. The van der Waals surface area contributed by atoms with Gasteiger partial charge in [-0.15, -0.1) is 0 Å². The second kappa shape index (κ2) is 8.91. The van der Waals surface area contributed by atoms with Gasteiger partial charge in [-0.1, -0.05) is 11.6 Å². The van der Waals surface area contributed by atoms with Crippen molar-refractivity contribution in [2.24, 2.45) is 0 Å². The van der Waals surface area contributed by atoms with E-state index in [1.165, 1.54) is 31.5 Å². The lowest BCUT2D eigenvalue weighted by atomic mass is 10.2. The normalized spacial score (nSPS) is 10.2. The number of nitrogens with one attached hydrogen (secondary N) is 1. The fourth-order valence-corrected chi connectivity index (χ4v) is 2.12. The fraction of sp³-hybridized carbons (Fsp3) is 0.235. The minimum Gasteiger partial charge on any atom is -0.507 e. The highest BCUT2D eigenvalue weighted by Gasteiger charge is 2.18. The molecule has 8 nitrogen and oxygen atoms in total. The van der Waals surface area contributed by atoms with Gasteiger partial charge >= 0.3 is 5.97 Å². The Morgan fingerprint density at radius 2 is 2.08 bits per heavy atom. The monoisotopic (exact) mass is 380 g/mol. The molecule has 0 spiro atoms. The summed E-state index contributed by atoms with van der Waals surface area (Å²) in [6.45, 7) is -0.580. The van der Waals surface area contributed by atoms with Crippen LogP contribution in [0.5, 0.6) is 5.75 Å². The molecule has 0 radical (unpaired) electrons. The van der Waals surface area contributed by atoms with E-state index < -0.39 is 24.4 Å². The Labute approximate surface area is 154 Å². The van der Waals surface area contributed by atoms with Crippen molar-refractivity contribution < 1.29 is 28.6 Å². The first-order chi connectivity index (χ1) is 12.4. The number of halogens is 1. The highest BCUT2D eigenvalue weighted by molar-refractivity contribution is 6.31. The molecule has 138 valence electrons. The number of carbonyl (C=O) groups excluding carboxylic acids is 3. The molecule has 0 aliphatic heterocycles. The minimum absolute atomic E-state index is 0.149. The second-order valence-electron chi connectivity index (χ2n) is 5.34. The summed E-state index contributed by atoms with van der Waals surface area (Å²) in [4.78, 5) is 36.8. The number of hydrogen-bond donors (Lipinski definition) is 2. The van der Waals surface area contributed by atoms with Crippen LogP contribution in [0.4, 0.5) is 0 Å². The Kier molecular flexibility index (Phi) is 6.62. The van der Waals surface area contributed by atoms with Crippen LogP contribution in [-0.2, 0) is 20.9 Å². The Bertz CT molecular complexity index is 791. The van der Waals surface area contributed by atoms with Gasteiger partial charge < -0.3 is 24.5 Å². The summed E-state index contributed by atoms with van der Waals surface area (Å²) in [5, 5.41) is 12.5. The highest BCUT2D eigenvalue weighted by atomic mass is 35.5. The van der Waals surface area contributed by atoms with Crippen LogP contribution < -0.4 is 5.32 Å². The molecule has 2 amide bonds. The molecule has 0 atom stereocenters. The molecule has 0 saturated carbocycles. The standard InChI is InChI=1S/C17H17ClN2O6/c1-20(9-15(22)19-8-12-3-2-6-25-12)16(23)10-26-17(24)13-7-11(18)4-5-14(13)21/h2-7,21H,8-10H2,1H3,(H,19,22). The molecule has 0 aliphatic carbocycles. The van der Waals surface area contributed by atoms with Gasteiger partial charge in [0.1, 0.15) is 17.1 Å². The Morgan fingerprint density at radius 3 is 2.77 bits per heavy atom. The van der Waals surface area contributed by atoms with Gasteiger partial charge in [0.25, 0.3) is 5.91 Å². The number of carbonyl (C=O) groups is 3. The maximum absolute atomic E-state index is 12.0. The van der Waals surface area contributed by atoms with Gasteiger partial charge in [0.05, 0.1) is 19.4 Å². The van der Waals surface area contributed by atoms with Crippen LogP contribution >= 0.6 is 11.6 Å². The summed E-state index contributed by atoms with van der Waals surface area (Å²) in [6.07, 6.45) is 1.49. The predicted molar refractivity (Wildman–Crippen MR) is 91.6 cm³/mol. The summed E-state index contributed by atoms with van der Waals surface area (Å²) in [6, 6.07) is 7.29. The molecule has 1 aromatic carbocycles. The maximum atomic E-state index is 12.0. The molecule has 0 unspecified atom stereocenters. The number of hydrogen-bond acceptors (Lipinski definition) is 6. The number of aromatic hydroxyl groups is 1. The molecule has 2 N–H and O–H groups in total. The average molecular weight is 381 g/mol. The smallest absolute Gasteiger partial charge is 0.342 e. The molecule has 1 aromatic heterocycles. The van der Waals surface area contributed by atoms with Crippen molar-refractivity contribution in [1.82, 2.24) is 10.2 Å². The van der Waals surface area contributed by atoms with Crippen LogP contribution in [0.2, 0.25) is 5.02 Å². The van der Waals surface area contributed by atoms with Crippen LogP contribution in [-0.4, -0.2) is 48.0 Å². The first-order valence-corrected chi connectivity index (χ1v) is 7.93. The molecule has 9 heteroatoms. The van der Waals surface area contributed by atoms with E-state index in [9.17, 15) is 19.5 Å². The lowest BCUT2D eigenvalue weighted by Gasteiger charge is -2.16. The topological polar surface area (TPSA) is 109 Å². The summed E-state index contributed by atoms with van der Waals surface area (Å²) in [7, 11) is 1.40. The molecule has 26 heavy (non-hydrogen) atoms. The van der Waals surface area contributed by atoms with Crippen LogP contribution in [0.15, 0.2) is 41.0 Å². The Morgan fingerprint density at radius 1 is 1.31 bits per heavy atom. The maximum Gasteiger partial charge on any atom is 0.342 e. The molecule has 2 aromatic rings. The van der Waals surface area contributed by atoms with Gasteiger partial charge in [-0.3, -0.25) is 9.59 Å². The van der Waals surface area contributed by atoms with Gasteiger partial charge in [0.2, 0.25) is 5.91 Å². The van der Waals surface area contributed by atoms with Gasteiger partial charge in [-0.25, -0.2) is 4.79 Å². The SMILES string of the molecule is CN(CC(=O)NCc1ccco1)C(=O)COC(=O)c1cc(Cl)ccc1O. The number of phenolic OH excluding ortho intramolecular Hbond substituents is 1. The summed E-state index contributed by atoms with van der Waals surface area (Å²) < 4.78 is 9.93. The van der Waals surface area contributed by atoms with E-state index in [1.54, 1.807) is 12.1 Å². The second-order valence-corrected chi connectivity index (χ2v) is 5.78. The summed E-state index contributed by atoms with van der Waals surface area (Å²) in [5.74, 6) is -1.59. The first-order valence-electron chi connectivity index (χ1n) is 7.55. The zero-order valence-corrected chi connectivity index (χ0v) is 14.7. The number of amides is 2. The molecule has 0 aliphatic rings. The van der Waals surface area contributed by atoms with E-state index >= 15 is 0 Å². The van der Waals surface area contributed by atoms with Crippen molar-refractivity contribution in [3.05, 3.63) is 52.9 Å². The molecule has 2 rings (SSSR count). The number of phenols is 1.